The predicted molar refractivity (Wildman–Crippen MR) is 116 cm³/mol. The van der Waals surface area contributed by atoms with Crippen molar-refractivity contribution in [2.75, 3.05) is 6.61 Å². The Labute approximate surface area is 174 Å². The van der Waals surface area contributed by atoms with E-state index in [1.54, 1.807) is 6.92 Å². The molecular weight excluding hydrogens is 384 g/mol. The van der Waals surface area contributed by atoms with Crippen LogP contribution in [0.2, 0.25) is 0 Å². The van der Waals surface area contributed by atoms with E-state index < -0.39 is 6.04 Å². The van der Waals surface area contributed by atoms with Gasteiger partial charge in [0.05, 0.1) is 6.61 Å². The third kappa shape index (κ3) is 5.45. The van der Waals surface area contributed by atoms with Gasteiger partial charge in [0.15, 0.2) is 0 Å². The number of benzene rings is 2. The van der Waals surface area contributed by atoms with Crippen LogP contribution in [0.15, 0.2) is 66.7 Å². The highest BCUT2D eigenvalue weighted by Gasteiger charge is 2.22. The molecule has 1 atom stereocenters. The first-order valence-electron chi connectivity index (χ1n) is 9.53. The molecule has 1 aromatic heterocycles. The SMILES string of the molecule is CCOc1cc(-c2ccccc2)sc1C(=O)NC(C)C(=O)NCc1ccccc1. The lowest BCUT2D eigenvalue weighted by molar-refractivity contribution is -0.122. The fraction of sp³-hybridized carbons (Fsp3) is 0.217. The molecule has 5 nitrogen and oxygen atoms in total. The number of carbonyl (C=O) groups is 2. The van der Waals surface area contributed by atoms with E-state index in [-0.39, 0.29) is 11.8 Å². The van der Waals surface area contributed by atoms with E-state index in [0.29, 0.717) is 23.8 Å². The van der Waals surface area contributed by atoms with Gasteiger partial charge in [0.2, 0.25) is 5.91 Å². The molecule has 0 fully saturated rings. The molecule has 0 saturated heterocycles. The Morgan fingerprint density at radius 3 is 2.34 bits per heavy atom. The molecule has 3 aromatic rings. The van der Waals surface area contributed by atoms with Crippen molar-refractivity contribution in [1.82, 2.24) is 10.6 Å². The highest BCUT2D eigenvalue weighted by atomic mass is 32.1. The van der Waals surface area contributed by atoms with Gasteiger partial charge >= 0.3 is 0 Å². The molecule has 29 heavy (non-hydrogen) atoms. The van der Waals surface area contributed by atoms with E-state index in [0.717, 1.165) is 16.0 Å². The molecule has 1 unspecified atom stereocenters. The van der Waals surface area contributed by atoms with Crippen molar-refractivity contribution in [3.63, 3.8) is 0 Å². The molecule has 0 saturated carbocycles. The van der Waals surface area contributed by atoms with Crippen LogP contribution >= 0.6 is 11.3 Å². The molecule has 1 heterocycles. The molecule has 150 valence electrons. The lowest BCUT2D eigenvalue weighted by atomic mass is 10.2. The normalized spacial score (nSPS) is 11.5. The highest BCUT2D eigenvalue weighted by molar-refractivity contribution is 7.17. The van der Waals surface area contributed by atoms with Crippen molar-refractivity contribution < 1.29 is 14.3 Å². The molecule has 6 heteroatoms. The summed E-state index contributed by atoms with van der Waals surface area (Å²) in [6, 6.07) is 20.7. The fourth-order valence-electron chi connectivity index (χ4n) is 2.81. The molecule has 0 aliphatic heterocycles. The molecule has 3 rings (SSSR count). The topological polar surface area (TPSA) is 67.4 Å². The molecule has 0 bridgehead atoms. The lowest BCUT2D eigenvalue weighted by Gasteiger charge is -2.14. The lowest BCUT2D eigenvalue weighted by Crippen LogP contribution is -2.44. The summed E-state index contributed by atoms with van der Waals surface area (Å²) in [5, 5.41) is 5.62. The van der Waals surface area contributed by atoms with Gasteiger partial charge in [-0.3, -0.25) is 9.59 Å². The summed E-state index contributed by atoms with van der Waals surface area (Å²) >= 11 is 1.36. The van der Waals surface area contributed by atoms with Gasteiger partial charge in [-0.2, -0.15) is 0 Å². The summed E-state index contributed by atoms with van der Waals surface area (Å²) in [6.07, 6.45) is 0. The Bertz CT molecular complexity index is 955. The van der Waals surface area contributed by atoms with Crippen molar-refractivity contribution in [3.05, 3.63) is 77.2 Å². The van der Waals surface area contributed by atoms with Crippen LogP contribution in [-0.4, -0.2) is 24.5 Å². The van der Waals surface area contributed by atoms with Crippen LogP contribution in [0.5, 0.6) is 5.75 Å². The number of nitrogens with one attached hydrogen (secondary N) is 2. The molecule has 0 spiro atoms. The molecule has 2 amide bonds. The third-order valence-corrected chi connectivity index (χ3v) is 5.48. The average molecular weight is 409 g/mol. The Balaban J connectivity index is 1.67. The van der Waals surface area contributed by atoms with Crippen molar-refractivity contribution >= 4 is 23.2 Å². The van der Waals surface area contributed by atoms with Gasteiger partial charge in [0.1, 0.15) is 16.7 Å². The minimum Gasteiger partial charge on any atom is -0.492 e. The Kier molecular flexibility index (Phi) is 7.03. The fourth-order valence-corrected chi connectivity index (χ4v) is 3.82. The van der Waals surface area contributed by atoms with Gasteiger partial charge in [-0.25, -0.2) is 0 Å². The maximum absolute atomic E-state index is 12.8. The minimum atomic E-state index is -0.664. The molecule has 2 N–H and O–H groups in total. The summed E-state index contributed by atoms with van der Waals surface area (Å²) in [6.45, 7) is 4.42. The first-order chi connectivity index (χ1) is 14.1. The van der Waals surface area contributed by atoms with Gasteiger partial charge < -0.3 is 15.4 Å². The highest BCUT2D eigenvalue weighted by Crippen LogP contribution is 2.36. The smallest absolute Gasteiger partial charge is 0.265 e. The summed E-state index contributed by atoms with van der Waals surface area (Å²) in [4.78, 5) is 26.6. The number of hydrogen-bond donors (Lipinski definition) is 2. The van der Waals surface area contributed by atoms with Gasteiger partial charge in [-0.1, -0.05) is 60.7 Å². The van der Waals surface area contributed by atoms with Crippen LogP contribution in [-0.2, 0) is 11.3 Å². The van der Waals surface area contributed by atoms with Crippen LogP contribution in [0.3, 0.4) is 0 Å². The van der Waals surface area contributed by atoms with E-state index >= 15 is 0 Å². The number of ether oxygens (including phenoxy) is 1. The summed E-state index contributed by atoms with van der Waals surface area (Å²) in [5.74, 6) is -0.0197. The predicted octanol–water partition coefficient (Wildman–Crippen LogP) is 4.25. The Morgan fingerprint density at radius 1 is 1.03 bits per heavy atom. The Morgan fingerprint density at radius 2 is 1.69 bits per heavy atom. The van der Waals surface area contributed by atoms with Crippen LogP contribution in [0, 0.1) is 0 Å². The molecule has 0 aliphatic carbocycles. The first-order valence-corrected chi connectivity index (χ1v) is 10.3. The average Bonchev–Trinajstić information content (AvgIpc) is 3.18. The van der Waals surface area contributed by atoms with E-state index in [9.17, 15) is 9.59 Å². The maximum atomic E-state index is 12.8. The molecule has 2 aromatic carbocycles. The van der Waals surface area contributed by atoms with Crippen LogP contribution in [0.25, 0.3) is 10.4 Å². The van der Waals surface area contributed by atoms with E-state index in [1.807, 2.05) is 73.7 Å². The quantitative estimate of drug-likeness (QED) is 0.586. The number of rotatable bonds is 8. The molecule has 0 aliphatic rings. The zero-order chi connectivity index (χ0) is 20.6. The van der Waals surface area contributed by atoms with Crippen LogP contribution in [0.1, 0.15) is 29.1 Å². The largest absolute Gasteiger partial charge is 0.492 e. The second kappa shape index (κ2) is 9.89. The maximum Gasteiger partial charge on any atom is 0.265 e. The Hall–Kier alpha value is -3.12. The molecule has 0 radical (unpaired) electrons. The van der Waals surface area contributed by atoms with Crippen LogP contribution < -0.4 is 15.4 Å². The second-order valence-corrected chi connectivity index (χ2v) is 7.55. The van der Waals surface area contributed by atoms with Crippen molar-refractivity contribution in [2.24, 2.45) is 0 Å². The van der Waals surface area contributed by atoms with E-state index in [1.165, 1.54) is 11.3 Å². The monoisotopic (exact) mass is 408 g/mol. The van der Waals surface area contributed by atoms with Crippen molar-refractivity contribution in [2.45, 2.75) is 26.4 Å². The number of thiophene rings is 1. The zero-order valence-electron chi connectivity index (χ0n) is 16.5. The number of carbonyl (C=O) groups excluding carboxylic acids is 2. The third-order valence-electron chi connectivity index (χ3n) is 4.31. The van der Waals surface area contributed by atoms with Crippen molar-refractivity contribution in [1.29, 1.82) is 0 Å². The van der Waals surface area contributed by atoms with E-state index in [2.05, 4.69) is 10.6 Å². The van der Waals surface area contributed by atoms with Gasteiger partial charge in [-0.15, -0.1) is 11.3 Å². The van der Waals surface area contributed by atoms with Gasteiger partial charge in [0, 0.05) is 11.4 Å². The second-order valence-electron chi connectivity index (χ2n) is 6.50. The van der Waals surface area contributed by atoms with Crippen LogP contribution in [0.4, 0.5) is 0 Å². The summed E-state index contributed by atoms with van der Waals surface area (Å²) in [5.41, 5.74) is 2.02. The summed E-state index contributed by atoms with van der Waals surface area (Å²) < 4.78 is 5.66. The zero-order valence-corrected chi connectivity index (χ0v) is 17.3. The number of amides is 2. The minimum absolute atomic E-state index is 0.236. The first kappa shape index (κ1) is 20.6. The van der Waals surface area contributed by atoms with Gasteiger partial charge in [0.25, 0.3) is 5.91 Å². The van der Waals surface area contributed by atoms with Gasteiger partial charge in [-0.05, 0) is 31.0 Å². The molecular formula is C23H24N2O3S. The number of hydrogen-bond acceptors (Lipinski definition) is 4. The standard InChI is InChI=1S/C23H24N2O3S/c1-3-28-19-14-20(18-12-8-5-9-13-18)29-21(19)23(27)25-16(2)22(26)24-15-17-10-6-4-7-11-17/h4-14,16H,3,15H2,1-2H3,(H,24,26)(H,25,27). The van der Waals surface area contributed by atoms with E-state index in [4.69, 9.17) is 4.74 Å². The summed E-state index contributed by atoms with van der Waals surface area (Å²) in [7, 11) is 0. The van der Waals surface area contributed by atoms with Crippen molar-refractivity contribution in [3.8, 4) is 16.2 Å².